The van der Waals surface area contributed by atoms with Crippen LogP contribution in [0.3, 0.4) is 0 Å². The van der Waals surface area contributed by atoms with Crippen LogP contribution in [-0.4, -0.2) is 27.0 Å². The van der Waals surface area contributed by atoms with E-state index in [1.54, 1.807) is 43.3 Å². The second-order valence-corrected chi connectivity index (χ2v) is 7.11. The molecule has 0 saturated heterocycles. The van der Waals surface area contributed by atoms with E-state index in [9.17, 15) is 23.1 Å². The van der Waals surface area contributed by atoms with Crippen molar-refractivity contribution >= 4 is 17.4 Å². The third kappa shape index (κ3) is 3.78. The number of alkyl halides is 3. The minimum absolute atomic E-state index is 0.0250. The van der Waals surface area contributed by atoms with Crippen LogP contribution < -0.4 is 10.6 Å². The lowest BCUT2D eigenvalue weighted by molar-refractivity contribution is -0.174. The SMILES string of the molecule is CC(O)c1cccc(NC(=O)c2cnn3c2NC(c2ccco2)CC3C(F)(F)F)c1. The lowest BCUT2D eigenvalue weighted by Gasteiger charge is -2.32. The minimum Gasteiger partial charge on any atom is -0.467 e. The number of furan rings is 1. The van der Waals surface area contributed by atoms with Crippen LogP contribution in [0.25, 0.3) is 0 Å². The van der Waals surface area contributed by atoms with Crippen LogP contribution in [-0.2, 0) is 0 Å². The molecule has 1 aromatic carbocycles. The fourth-order valence-electron chi connectivity index (χ4n) is 3.48. The summed E-state index contributed by atoms with van der Waals surface area (Å²) in [5, 5.41) is 19.1. The van der Waals surface area contributed by atoms with Crippen molar-refractivity contribution in [2.24, 2.45) is 0 Å². The molecule has 3 N–H and O–H groups in total. The van der Waals surface area contributed by atoms with Crippen molar-refractivity contribution in [3.05, 3.63) is 65.7 Å². The van der Waals surface area contributed by atoms with E-state index in [2.05, 4.69) is 15.7 Å². The van der Waals surface area contributed by atoms with E-state index in [4.69, 9.17) is 4.42 Å². The van der Waals surface area contributed by atoms with Crippen molar-refractivity contribution in [3.63, 3.8) is 0 Å². The molecule has 2 aromatic heterocycles. The lowest BCUT2D eigenvalue weighted by atomic mass is 10.0. The number of carbonyl (C=O) groups is 1. The number of benzene rings is 1. The number of nitrogens with one attached hydrogen (secondary N) is 2. The van der Waals surface area contributed by atoms with Crippen molar-refractivity contribution in [2.45, 2.75) is 37.7 Å². The molecule has 0 bridgehead atoms. The summed E-state index contributed by atoms with van der Waals surface area (Å²) in [7, 11) is 0. The van der Waals surface area contributed by atoms with E-state index in [-0.39, 0.29) is 17.8 Å². The Bertz CT molecular complexity index is 1040. The van der Waals surface area contributed by atoms with Gasteiger partial charge >= 0.3 is 6.18 Å². The quantitative estimate of drug-likeness (QED) is 0.580. The predicted octanol–water partition coefficient (Wildman–Crippen LogP) is 4.44. The van der Waals surface area contributed by atoms with E-state index in [1.165, 1.54) is 6.26 Å². The van der Waals surface area contributed by atoms with Crippen LogP contribution in [0.2, 0.25) is 0 Å². The van der Waals surface area contributed by atoms with Gasteiger partial charge in [0.25, 0.3) is 5.91 Å². The molecule has 3 aromatic rings. The van der Waals surface area contributed by atoms with Crippen molar-refractivity contribution in [1.82, 2.24) is 9.78 Å². The van der Waals surface area contributed by atoms with E-state index < -0.39 is 30.3 Å². The summed E-state index contributed by atoms with van der Waals surface area (Å²) in [4.78, 5) is 12.8. The molecule has 3 heterocycles. The second-order valence-electron chi connectivity index (χ2n) is 7.11. The zero-order chi connectivity index (χ0) is 21.5. The summed E-state index contributed by atoms with van der Waals surface area (Å²) in [6.07, 6.45) is -3.10. The summed E-state index contributed by atoms with van der Waals surface area (Å²) in [6, 6.07) is 7.09. The lowest BCUT2D eigenvalue weighted by Crippen LogP contribution is -2.36. The molecule has 0 radical (unpaired) electrons. The predicted molar refractivity (Wildman–Crippen MR) is 102 cm³/mol. The molecule has 0 fully saturated rings. The Kier molecular flexibility index (Phi) is 5.02. The van der Waals surface area contributed by atoms with Crippen molar-refractivity contribution < 1.29 is 27.5 Å². The van der Waals surface area contributed by atoms with Crippen LogP contribution in [0.1, 0.15) is 53.2 Å². The number of anilines is 2. The summed E-state index contributed by atoms with van der Waals surface area (Å²) in [5.74, 6) is -0.311. The number of nitrogens with zero attached hydrogens (tertiary/aromatic N) is 2. The average molecular weight is 420 g/mol. The van der Waals surface area contributed by atoms with Crippen molar-refractivity contribution in [1.29, 1.82) is 0 Å². The summed E-state index contributed by atoms with van der Waals surface area (Å²) in [5.41, 5.74) is 0.977. The number of rotatable bonds is 4. The third-order valence-corrected chi connectivity index (χ3v) is 5.00. The molecule has 7 nitrogen and oxygen atoms in total. The first-order valence-electron chi connectivity index (χ1n) is 9.27. The molecule has 158 valence electrons. The fourth-order valence-corrected chi connectivity index (χ4v) is 3.48. The zero-order valence-electron chi connectivity index (χ0n) is 15.8. The molecular weight excluding hydrogens is 401 g/mol. The number of aromatic nitrogens is 2. The number of aliphatic hydroxyl groups is 1. The third-order valence-electron chi connectivity index (χ3n) is 5.00. The van der Waals surface area contributed by atoms with Gasteiger partial charge in [-0.15, -0.1) is 0 Å². The molecule has 1 amide bonds. The van der Waals surface area contributed by atoms with Crippen LogP contribution in [0.4, 0.5) is 24.7 Å². The maximum atomic E-state index is 13.7. The van der Waals surface area contributed by atoms with Gasteiger partial charge in [0.2, 0.25) is 0 Å². The van der Waals surface area contributed by atoms with Crippen molar-refractivity contribution in [2.75, 3.05) is 10.6 Å². The van der Waals surface area contributed by atoms with Gasteiger partial charge in [0.15, 0.2) is 6.04 Å². The van der Waals surface area contributed by atoms with Gasteiger partial charge in [0, 0.05) is 12.1 Å². The Hall–Kier alpha value is -3.27. The molecule has 10 heteroatoms. The Labute approximate surface area is 169 Å². The summed E-state index contributed by atoms with van der Waals surface area (Å²) >= 11 is 0. The van der Waals surface area contributed by atoms with Crippen LogP contribution in [0.5, 0.6) is 0 Å². The molecule has 0 aliphatic carbocycles. The van der Waals surface area contributed by atoms with Crippen LogP contribution >= 0.6 is 0 Å². The van der Waals surface area contributed by atoms with Gasteiger partial charge in [-0.3, -0.25) is 4.79 Å². The van der Waals surface area contributed by atoms with Crippen LogP contribution in [0.15, 0.2) is 53.3 Å². The molecule has 1 aliphatic rings. The molecule has 1 aliphatic heterocycles. The number of carbonyl (C=O) groups excluding carboxylic acids is 1. The molecule has 30 heavy (non-hydrogen) atoms. The molecule has 0 spiro atoms. The van der Waals surface area contributed by atoms with Crippen molar-refractivity contribution in [3.8, 4) is 0 Å². The van der Waals surface area contributed by atoms with Gasteiger partial charge in [-0.1, -0.05) is 12.1 Å². The largest absolute Gasteiger partial charge is 0.467 e. The Morgan fingerprint density at radius 1 is 1.37 bits per heavy atom. The Morgan fingerprint density at radius 3 is 2.83 bits per heavy atom. The first-order valence-corrected chi connectivity index (χ1v) is 9.27. The standard InChI is InChI=1S/C20H19F3N4O3/c1-11(28)12-4-2-5-13(8-12)25-19(29)14-10-24-27-17(20(21,22)23)9-15(26-18(14)27)16-6-3-7-30-16/h2-8,10-11,15,17,26,28H,9H2,1H3,(H,25,29). The number of aliphatic hydroxyl groups excluding tert-OH is 1. The molecule has 0 saturated carbocycles. The Morgan fingerprint density at radius 2 is 2.17 bits per heavy atom. The topological polar surface area (TPSA) is 92.3 Å². The van der Waals surface area contributed by atoms with Gasteiger partial charge in [0.05, 0.1) is 24.6 Å². The average Bonchev–Trinajstić information content (AvgIpc) is 3.36. The number of halogens is 3. The first kappa shape index (κ1) is 20.0. The number of hydrogen-bond acceptors (Lipinski definition) is 5. The van der Waals surface area contributed by atoms with Gasteiger partial charge < -0.3 is 20.2 Å². The number of fused-ring (bicyclic) bond motifs is 1. The van der Waals surface area contributed by atoms with E-state index in [0.717, 1.165) is 10.9 Å². The number of amides is 1. The summed E-state index contributed by atoms with van der Waals surface area (Å²) in [6.45, 7) is 1.59. The highest BCUT2D eigenvalue weighted by atomic mass is 19.4. The first-order chi connectivity index (χ1) is 14.2. The zero-order valence-corrected chi connectivity index (χ0v) is 15.8. The second kappa shape index (κ2) is 7.52. The molecular formula is C20H19F3N4O3. The maximum Gasteiger partial charge on any atom is 0.410 e. The summed E-state index contributed by atoms with van der Waals surface area (Å²) < 4.78 is 47.1. The number of hydrogen-bond donors (Lipinski definition) is 3. The fraction of sp³-hybridized carbons (Fsp3) is 0.300. The highest BCUT2D eigenvalue weighted by Crippen LogP contribution is 2.44. The van der Waals surface area contributed by atoms with Gasteiger partial charge in [-0.2, -0.15) is 18.3 Å². The molecule has 4 rings (SSSR count). The highest BCUT2D eigenvalue weighted by Gasteiger charge is 2.47. The van der Waals surface area contributed by atoms with E-state index in [0.29, 0.717) is 17.0 Å². The van der Waals surface area contributed by atoms with E-state index in [1.807, 2.05) is 0 Å². The van der Waals surface area contributed by atoms with Gasteiger partial charge in [-0.05, 0) is 36.8 Å². The minimum atomic E-state index is -4.55. The molecule has 3 atom stereocenters. The highest BCUT2D eigenvalue weighted by molar-refractivity contribution is 6.07. The normalized spacial score (nSPS) is 19.6. The van der Waals surface area contributed by atoms with Crippen LogP contribution in [0, 0.1) is 0 Å². The van der Waals surface area contributed by atoms with Gasteiger partial charge in [-0.25, -0.2) is 4.68 Å². The monoisotopic (exact) mass is 420 g/mol. The van der Waals surface area contributed by atoms with Gasteiger partial charge in [0.1, 0.15) is 17.1 Å². The Balaban J connectivity index is 1.66. The maximum absolute atomic E-state index is 13.7. The molecule has 3 unspecified atom stereocenters. The smallest absolute Gasteiger partial charge is 0.410 e. The van der Waals surface area contributed by atoms with E-state index >= 15 is 0 Å².